The first-order valence-corrected chi connectivity index (χ1v) is 3.58. The number of rotatable bonds is 2. The summed E-state index contributed by atoms with van der Waals surface area (Å²) in [5, 5.41) is 0. The molecule has 0 aromatic heterocycles. The third-order valence-corrected chi connectivity index (χ3v) is 1.41. The number of carbonyl (C=O) groups excluding carboxylic acids is 1. The molecule has 11 heavy (non-hydrogen) atoms. The van der Waals surface area contributed by atoms with Gasteiger partial charge in [0.15, 0.2) is 0 Å². The van der Waals surface area contributed by atoms with Crippen LogP contribution in [-0.4, -0.2) is 30.8 Å². The molecule has 0 bridgehead atoms. The molecule has 1 aliphatic heterocycles. The molecule has 0 radical (unpaired) electrons. The van der Waals surface area contributed by atoms with E-state index < -0.39 is 5.54 Å². The Bertz CT molecular complexity index is 158. The van der Waals surface area contributed by atoms with Crippen LogP contribution in [-0.2, 0) is 14.3 Å². The van der Waals surface area contributed by atoms with E-state index >= 15 is 0 Å². The zero-order chi connectivity index (χ0) is 8.48. The molecule has 1 rings (SSSR count). The molecular weight excluding hydrogens is 146 g/mol. The largest absolute Gasteiger partial charge is 0.456 e. The molecule has 0 aromatic carbocycles. The maximum absolute atomic E-state index is 11.1. The molecule has 1 saturated heterocycles. The zero-order valence-corrected chi connectivity index (χ0v) is 6.79. The second-order valence-corrected chi connectivity index (χ2v) is 3.29. The number of carbonyl (C=O) groups is 1. The average Bonchev–Trinajstić information content (AvgIpc) is 1.75. The molecule has 0 spiro atoms. The van der Waals surface area contributed by atoms with Crippen molar-refractivity contribution in [3.05, 3.63) is 0 Å². The second-order valence-electron chi connectivity index (χ2n) is 3.29. The highest BCUT2D eigenvalue weighted by Gasteiger charge is 2.30. The van der Waals surface area contributed by atoms with E-state index in [2.05, 4.69) is 0 Å². The molecule has 0 aliphatic carbocycles. The van der Waals surface area contributed by atoms with E-state index in [1.807, 2.05) is 0 Å². The fourth-order valence-electron chi connectivity index (χ4n) is 0.585. The van der Waals surface area contributed by atoms with Crippen molar-refractivity contribution < 1.29 is 14.3 Å². The maximum Gasteiger partial charge on any atom is 0.325 e. The summed E-state index contributed by atoms with van der Waals surface area (Å²) in [6.07, 6.45) is -0.0784. The van der Waals surface area contributed by atoms with Crippen LogP contribution >= 0.6 is 0 Å². The van der Waals surface area contributed by atoms with E-state index in [1.165, 1.54) is 0 Å². The van der Waals surface area contributed by atoms with Crippen molar-refractivity contribution in [1.29, 1.82) is 0 Å². The second kappa shape index (κ2) is 2.79. The Labute approximate surface area is 65.7 Å². The van der Waals surface area contributed by atoms with Crippen LogP contribution in [0.1, 0.15) is 13.8 Å². The van der Waals surface area contributed by atoms with Crippen LogP contribution in [0.2, 0.25) is 0 Å². The summed E-state index contributed by atoms with van der Waals surface area (Å²) < 4.78 is 9.79. The van der Waals surface area contributed by atoms with Gasteiger partial charge in [-0.05, 0) is 13.8 Å². The van der Waals surface area contributed by atoms with Crippen LogP contribution in [0.5, 0.6) is 0 Å². The summed E-state index contributed by atoms with van der Waals surface area (Å²) in [5.74, 6) is -0.370. The highest BCUT2D eigenvalue weighted by molar-refractivity contribution is 5.79. The van der Waals surface area contributed by atoms with E-state index in [4.69, 9.17) is 15.2 Å². The number of nitrogens with two attached hydrogens (primary N) is 1. The molecule has 64 valence electrons. The highest BCUT2D eigenvalue weighted by Crippen LogP contribution is 2.09. The standard InChI is InChI=1S/C7H13NO3/c1-7(2,8)6(9)11-5-3-10-4-5/h5H,3-4,8H2,1-2H3. The summed E-state index contributed by atoms with van der Waals surface area (Å²) >= 11 is 0. The van der Waals surface area contributed by atoms with Gasteiger partial charge in [0.05, 0.1) is 13.2 Å². The predicted octanol–water partition coefficient (Wildman–Crippen LogP) is -0.334. The van der Waals surface area contributed by atoms with Crippen molar-refractivity contribution in [2.24, 2.45) is 5.73 Å². The van der Waals surface area contributed by atoms with Crippen LogP contribution < -0.4 is 5.73 Å². The Kier molecular flexibility index (Phi) is 2.15. The van der Waals surface area contributed by atoms with Crippen molar-refractivity contribution >= 4 is 5.97 Å². The molecule has 0 aromatic rings. The number of ether oxygens (including phenoxy) is 2. The van der Waals surface area contributed by atoms with E-state index in [9.17, 15) is 4.79 Å². The molecule has 1 aliphatic rings. The van der Waals surface area contributed by atoms with E-state index in [1.54, 1.807) is 13.8 Å². The molecule has 0 unspecified atom stereocenters. The maximum atomic E-state index is 11.1. The minimum Gasteiger partial charge on any atom is -0.456 e. The summed E-state index contributed by atoms with van der Waals surface area (Å²) in [5.41, 5.74) is 4.60. The lowest BCUT2D eigenvalue weighted by atomic mass is 10.1. The van der Waals surface area contributed by atoms with Crippen LogP contribution in [0, 0.1) is 0 Å². The van der Waals surface area contributed by atoms with Gasteiger partial charge in [-0.1, -0.05) is 0 Å². The Hall–Kier alpha value is -0.610. The summed E-state index contributed by atoms with van der Waals surface area (Å²) in [4.78, 5) is 11.1. The summed E-state index contributed by atoms with van der Waals surface area (Å²) in [6.45, 7) is 4.24. The van der Waals surface area contributed by atoms with E-state index in [-0.39, 0.29) is 12.1 Å². The van der Waals surface area contributed by atoms with Crippen molar-refractivity contribution in [3.8, 4) is 0 Å². The smallest absolute Gasteiger partial charge is 0.325 e. The highest BCUT2D eigenvalue weighted by atomic mass is 16.6. The van der Waals surface area contributed by atoms with Crippen molar-refractivity contribution in [2.75, 3.05) is 13.2 Å². The average molecular weight is 159 g/mol. The van der Waals surface area contributed by atoms with Gasteiger partial charge in [-0.3, -0.25) is 4.79 Å². The number of esters is 1. The van der Waals surface area contributed by atoms with Gasteiger partial charge < -0.3 is 15.2 Å². The van der Waals surface area contributed by atoms with Gasteiger partial charge in [-0.2, -0.15) is 0 Å². The minimum absolute atomic E-state index is 0.0784. The van der Waals surface area contributed by atoms with Gasteiger partial charge in [-0.25, -0.2) is 0 Å². The van der Waals surface area contributed by atoms with Crippen LogP contribution in [0.3, 0.4) is 0 Å². The van der Waals surface area contributed by atoms with Gasteiger partial charge >= 0.3 is 5.97 Å². The molecular formula is C7H13NO3. The normalized spacial score (nSPS) is 19.2. The van der Waals surface area contributed by atoms with E-state index in [0.29, 0.717) is 13.2 Å². The minimum atomic E-state index is -0.893. The van der Waals surface area contributed by atoms with Crippen LogP contribution in [0.15, 0.2) is 0 Å². The lowest BCUT2D eigenvalue weighted by Crippen LogP contribution is -2.48. The Morgan fingerprint density at radius 2 is 2.18 bits per heavy atom. The quantitative estimate of drug-likeness (QED) is 0.560. The first-order valence-electron chi connectivity index (χ1n) is 3.58. The monoisotopic (exact) mass is 159 g/mol. The molecule has 4 heteroatoms. The summed E-state index contributed by atoms with van der Waals surface area (Å²) in [6, 6.07) is 0. The lowest BCUT2D eigenvalue weighted by Gasteiger charge is -2.28. The van der Waals surface area contributed by atoms with Crippen molar-refractivity contribution in [3.63, 3.8) is 0 Å². The van der Waals surface area contributed by atoms with E-state index in [0.717, 1.165) is 0 Å². The van der Waals surface area contributed by atoms with Gasteiger partial charge in [0.25, 0.3) is 0 Å². The molecule has 0 saturated carbocycles. The molecule has 1 fully saturated rings. The van der Waals surface area contributed by atoms with Gasteiger partial charge in [-0.15, -0.1) is 0 Å². The van der Waals surface area contributed by atoms with Crippen LogP contribution in [0.25, 0.3) is 0 Å². The molecule has 0 atom stereocenters. The van der Waals surface area contributed by atoms with Gasteiger partial charge in [0.2, 0.25) is 0 Å². The molecule has 4 nitrogen and oxygen atoms in total. The fraction of sp³-hybridized carbons (Fsp3) is 0.857. The van der Waals surface area contributed by atoms with Crippen molar-refractivity contribution in [2.45, 2.75) is 25.5 Å². The Morgan fingerprint density at radius 1 is 1.64 bits per heavy atom. The zero-order valence-electron chi connectivity index (χ0n) is 6.79. The fourth-order valence-corrected chi connectivity index (χ4v) is 0.585. The number of hydrogen-bond donors (Lipinski definition) is 1. The van der Waals surface area contributed by atoms with Crippen LogP contribution in [0.4, 0.5) is 0 Å². The first kappa shape index (κ1) is 8.49. The third-order valence-electron chi connectivity index (χ3n) is 1.41. The molecule has 2 N–H and O–H groups in total. The Balaban J connectivity index is 2.30. The Morgan fingerprint density at radius 3 is 2.45 bits per heavy atom. The first-order chi connectivity index (χ1) is 5.00. The van der Waals surface area contributed by atoms with Gasteiger partial charge in [0, 0.05) is 0 Å². The predicted molar refractivity (Wildman–Crippen MR) is 39.0 cm³/mol. The molecule has 1 heterocycles. The van der Waals surface area contributed by atoms with Crippen molar-refractivity contribution in [1.82, 2.24) is 0 Å². The lowest BCUT2D eigenvalue weighted by molar-refractivity contribution is -0.176. The topological polar surface area (TPSA) is 61.6 Å². The third kappa shape index (κ3) is 2.17. The SMILES string of the molecule is CC(C)(N)C(=O)OC1COC1. The summed E-state index contributed by atoms with van der Waals surface area (Å²) in [7, 11) is 0. The number of hydrogen-bond acceptors (Lipinski definition) is 4. The van der Waals surface area contributed by atoms with Gasteiger partial charge in [0.1, 0.15) is 11.6 Å². The molecule has 0 amide bonds.